The summed E-state index contributed by atoms with van der Waals surface area (Å²) in [5.74, 6) is -0.491. The molecule has 0 spiro atoms. The summed E-state index contributed by atoms with van der Waals surface area (Å²) in [5, 5.41) is 17.7. The average molecular weight is 345 g/mol. The largest absolute Gasteiger partial charge is 0.478 e. The number of carbonyl (C=O) groups is 2. The number of aromatic nitrogens is 1. The smallest absolute Gasteiger partial charge is 0.335 e. The fourth-order valence-corrected chi connectivity index (χ4v) is 3.40. The number of carboxylic acid groups (broad SMARTS) is 1. The predicted molar refractivity (Wildman–Crippen MR) is 91.1 cm³/mol. The van der Waals surface area contributed by atoms with Crippen LogP contribution >= 0.6 is 11.3 Å². The number of amides is 2. The highest BCUT2D eigenvalue weighted by atomic mass is 32.1. The zero-order valence-corrected chi connectivity index (χ0v) is 14.1. The first-order chi connectivity index (χ1) is 11.5. The quantitative estimate of drug-likeness (QED) is 0.750. The number of thiazole rings is 1. The van der Waals surface area contributed by atoms with Crippen LogP contribution in [-0.4, -0.2) is 22.1 Å². The van der Waals surface area contributed by atoms with Crippen molar-refractivity contribution in [1.29, 1.82) is 0 Å². The topological polar surface area (TPSA) is 91.3 Å². The van der Waals surface area contributed by atoms with Crippen LogP contribution in [-0.2, 0) is 6.54 Å². The first-order valence-electron chi connectivity index (χ1n) is 7.81. The minimum absolute atomic E-state index is 0.0295. The third kappa shape index (κ3) is 4.11. The van der Waals surface area contributed by atoms with Crippen LogP contribution in [0.5, 0.6) is 0 Å². The second-order valence-corrected chi connectivity index (χ2v) is 6.86. The molecule has 2 amide bonds. The summed E-state index contributed by atoms with van der Waals surface area (Å²) in [6.07, 6.45) is 2.22. The van der Waals surface area contributed by atoms with Crippen LogP contribution in [0.1, 0.15) is 45.5 Å². The summed E-state index contributed by atoms with van der Waals surface area (Å²) in [6, 6.07) is 6.20. The second-order valence-electron chi connectivity index (χ2n) is 5.97. The maximum Gasteiger partial charge on any atom is 0.335 e. The normalized spacial score (nSPS) is 14.9. The predicted octanol–water partition coefficient (Wildman–Crippen LogP) is 3.10. The van der Waals surface area contributed by atoms with Crippen molar-refractivity contribution in [2.45, 2.75) is 32.4 Å². The molecule has 126 valence electrons. The number of aryl methyl sites for hydroxylation is 1. The first-order valence-corrected chi connectivity index (χ1v) is 8.69. The Morgan fingerprint density at radius 1 is 1.33 bits per heavy atom. The van der Waals surface area contributed by atoms with Crippen molar-refractivity contribution in [1.82, 2.24) is 15.6 Å². The van der Waals surface area contributed by atoms with Gasteiger partial charge in [0.15, 0.2) is 0 Å². The lowest BCUT2D eigenvalue weighted by Gasteiger charge is -2.16. The standard InChI is InChI=1S/C17H19N3O3S/c1-10-9-24-15(19-10)14(12-6-7-12)20-17(23)18-8-11-2-4-13(5-3-11)16(21)22/h2-5,9,12,14H,6-8H2,1H3,(H,21,22)(H2,18,20,23). The maximum absolute atomic E-state index is 12.2. The van der Waals surface area contributed by atoms with Crippen molar-refractivity contribution in [3.8, 4) is 0 Å². The van der Waals surface area contributed by atoms with Gasteiger partial charge in [0.25, 0.3) is 0 Å². The van der Waals surface area contributed by atoms with Gasteiger partial charge < -0.3 is 15.7 Å². The maximum atomic E-state index is 12.2. The monoisotopic (exact) mass is 345 g/mol. The Morgan fingerprint density at radius 3 is 2.58 bits per heavy atom. The number of rotatable bonds is 6. The SMILES string of the molecule is Cc1csc(C(NC(=O)NCc2ccc(C(=O)O)cc2)C2CC2)n1. The lowest BCUT2D eigenvalue weighted by Crippen LogP contribution is -2.38. The van der Waals surface area contributed by atoms with Crippen molar-refractivity contribution < 1.29 is 14.7 Å². The van der Waals surface area contributed by atoms with Gasteiger partial charge in [0.1, 0.15) is 5.01 Å². The first kappa shape index (κ1) is 16.4. The molecule has 1 aliphatic rings. The lowest BCUT2D eigenvalue weighted by atomic mass is 10.1. The van der Waals surface area contributed by atoms with E-state index in [9.17, 15) is 9.59 Å². The summed E-state index contributed by atoms with van der Waals surface area (Å²) in [7, 11) is 0. The summed E-state index contributed by atoms with van der Waals surface area (Å²) >= 11 is 1.58. The average Bonchev–Trinajstić information content (AvgIpc) is 3.32. The van der Waals surface area contributed by atoms with E-state index in [-0.39, 0.29) is 17.6 Å². The van der Waals surface area contributed by atoms with Gasteiger partial charge >= 0.3 is 12.0 Å². The molecule has 1 atom stereocenters. The summed E-state index contributed by atoms with van der Waals surface area (Å²) in [6.45, 7) is 2.30. The molecule has 1 aliphatic carbocycles. The molecule has 1 heterocycles. The summed E-state index contributed by atoms with van der Waals surface area (Å²) in [5.41, 5.74) is 2.06. The molecule has 1 fully saturated rings. The number of hydrogen-bond acceptors (Lipinski definition) is 4. The molecule has 1 aromatic heterocycles. The van der Waals surface area contributed by atoms with E-state index < -0.39 is 5.97 Å². The number of aromatic carboxylic acids is 1. The van der Waals surface area contributed by atoms with E-state index in [1.807, 2.05) is 12.3 Å². The number of carboxylic acids is 1. The highest BCUT2D eigenvalue weighted by Gasteiger charge is 2.35. The van der Waals surface area contributed by atoms with Gasteiger partial charge in [-0.1, -0.05) is 12.1 Å². The Bertz CT molecular complexity index is 738. The molecule has 1 unspecified atom stereocenters. The minimum Gasteiger partial charge on any atom is -0.478 e. The second kappa shape index (κ2) is 7.00. The van der Waals surface area contributed by atoms with Crippen molar-refractivity contribution in [2.75, 3.05) is 0 Å². The zero-order chi connectivity index (χ0) is 17.1. The molecule has 3 rings (SSSR count). The van der Waals surface area contributed by atoms with E-state index in [0.29, 0.717) is 12.5 Å². The van der Waals surface area contributed by atoms with Gasteiger partial charge in [0.05, 0.1) is 11.6 Å². The lowest BCUT2D eigenvalue weighted by molar-refractivity contribution is 0.0697. The minimum atomic E-state index is -0.960. The van der Waals surface area contributed by atoms with Gasteiger partial charge in [0, 0.05) is 17.6 Å². The Labute approximate surface area is 143 Å². The van der Waals surface area contributed by atoms with Gasteiger partial charge in [-0.15, -0.1) is 11.3 Å². The molecule has 3 N–H and O–H groups in total. The Balaban J connectivity index is 1.55. The Hall–Kier alpha value is -2.41. The summed E-state index contributed by atoms with van der Waals surface area (Å²) < 4.78 is 0. The van der Waals surface area contributed by atoms with E-state index in [1.54, 1.807) is 23.5 Å². The van der Waals surface area contributed by atoms with E-state index in [1.165, 1.54) is 12.1 Å². The molecule has 2 aromatic rings. The van der Waals surface area contributed by atoms with Crippen LogP contribution in [0.4, 0.5) is 4.79 Å². The van der Waals surface area contributed by atoms with E-state index in [4.69, 9.17) is 5.11 Å². The van der Waals surface area contributed by atoms with Crippen molar-refractivity contribution >= 4 is 23.3 Å². The number of nitrogens with one attached hydrogen (secondary N) is 2. The van der Waals surface area contributed by atoms with Crippen LogP contribution in [0.2, 0.25) is 0 Å². The molecule has 1 saturated carbocycles. The van der Waals surface area contributed by atoms with E-state index >= 15 is 0 Å². The molecule has 0 saturated heterocycles. The van der Waals surface area contributed by atoms with Crippen molar-refractivity contribution in [3.05, 3.63) is 51.5 Å². The molecule has 1 aromatic carbocycles. The van der Waals surface area contributed by atoms with Crippen molar-refractivity contribution in [3.63, 3.8) is 0 Å². The van der Waals surface area contributed by atoms with Crippen LogP contribution in [0.15, 0.2) is 29.6 Å². The number of urea groups is 1. The molecule has 6 nitrogen and oxygen atoms in total. The van der Waals surface area contributed by atoms with Gasteiger partial charge in [-0.25, -0.2) is 14.6 Å². The number of nitrogens with zero attached hydrogens (tertiary/aromatic N) is 1. The third-order valence-corrected chi connectivity index (χ3v) is 4.98. The van der Waals surface area contributed by atoms with Gasteiger partial charge in [-0.2, -0.15) is 0 Å². The third-order valence-electron chi connectivity index (χ3n) is 3.94. The Morgan fingerprint density at radius 2 is 2.04 bits per heavy atom. The number of benzene rings is 1. The van der Waals surface area contributed by atoms with Crippen LogP contribution in [0.3, 0.4) is 0 Å². The molecule has 7 heteroatoms. The molecular weight excluding hydrogens is 326 g/mol. The van der Waals surface area contributed by atoms with Gasteiger partial charge in [-0.3, -0.25) is 0 Å². The Kier molecular flexibility index (Phi) is 4.80. The van der Waals surface area contributed by atoms with Gasteiger partial charge in [-0.05, 0) is 43.4 Å². The highest BCUT2D eigenvalue weighted by Crippen LogP contribution is 2.41. The number of carbonyl (C=O) groups excluding carboxylic acids is 1. The molecule has 0 bridgehead atoms. The molecular formula is C17H19N3O3S. The van der Waals surface area contributed by atoms with Crippen molar-refractivity contribution in [2.24, 2.45) is 5.92 Å². The van der Waals surface area contributed by atoms with Crippen LogP contribution in [0, 0.1) is 12.8 Å². The summed E-state index contributed by atoms with van der Waals surface area (Å²) in [4.78, 5) is 27.5. The zero-order valence-electron chi connectivity index (χ0n) is 13.3. The highest BCUT2D eigenvalue weighted by molar-refractivity contribution is 7.09. The molecule has 0 radical (unpaired) electrons. The van der Waals surface area contributed by atoms with Crippen LogP contribution < -0.4 is 10.6 Å². The number of hydrogen-bond donors (Lipinski definition) is 3. The fraction of sp³-hybridized carbons (Fsp3) is 0.353. The fourth-order valence-electron chi connectivity index (χ4n) is 2.47. The van der Waals surface area contributed by atoms with E-state index in [2.05, 4.69) is 15.6 Å². The molecule has 24 heavy (non-hydrogen) atoms. The van der Waals surface area contributed by atoms with Gasteiger partial charge in [0.2, 0.25) is 0 Å². The van der Waals surface area contributed by atoms with Crippen LogP contribution in [0.25, 0.3) is 0 Å². The van der Waals surface area contributed by atoms with E-state index in [0.717, 1.165) is 29.1 Å². The molecule has 0 aliphatic heterocycles.